The normalized spacial score (nSPS) is 13.7. The Balaban J connectivity index is 1.32. The third-order valence-corrected chi connectivity index (χ3v) is 5.19. The number of ether oxygens (including phenoxy) is 3. The maximum atomic E-state index is 12.5. The fourth-order valence-electron chi connectivity index (χ4n) is 3.56. The second-order valence-electron chi connectivity index (χ2n) is 7.38. The number of rotatable bonds is 9. The van der Waals surface area contributed by atoms with Crippen LogP contribution in [-0.4, -0.2) is 24.1 Å². The number of aromatic nitrogens is 1. The van der Waals surface area contributed by atoms with Gasteiger partial charge in [0.2, 0.25) is 5.88 Å². The van der Waals surface area contributed by atoms with Crippen molar-refractivity contribution in [1.29, 1.82) is 0 Å². The quantitative estimate of drug-likeness (QED) is 0.546. The highest BCUT2D eigenvalue weighted by Gasteiger charge is 2.19. The van der Waals surface area contributed by atoms with Crippen molar-refractivity contribution in [1.82, 2.24) is 10.3 Å². The number of methoxy groups -OCH3 is 1. The van der Waals surface area contributed by atoms with Crippen molar-refractivity contribution in [3.8, 4) is 17.4 Å². The Morgan fingerprint density at radius 2 is 1.90 bits per heavy atom. The molecule has 1 amide bonds. The number of amides is 1. The van der Waals surface area contributed by atoms with E-state index in [-0.39, 0.29) is 24.4 Å². The van der Waals surface area contributed by atoms with Crippen LogP contribution in [0.5, 0.6) is 17.4 Å². The lowest BCUT2D eigenvalue weighted by atomic mass is 10.2. The first-order valence-electron chi connectivity index (χ1n) is 10.5. The predicted octanol–water partition coefficient (Wildman–Crippen LogP) is 4.51. The van der Waals surface area contributed by atoms with E-state index in [4.69, 9.17) is 18.6 Å². The standard InChI is InChI=1S/C24H26N2O5/c1-28-20-10-4-5-11-21(20)29-16-19-12-13-22(30-19)23(27)26-15-17-7-6-14-25-24(17)31-18-8-2-3-9-18/h4-7,10-14,18H,2-3,8-9,15-16H2,1H3,(H,26,27). The molecule has 1 aliphatic carbocycles. The highest BCUT2D eigenvalue weighted by Crippen LogP contribution is 2.27. The molecule has 0 bridgehead atoms. The fraction of sp³-hybridized carbons (Fsp3) is 0.333. The second kappa shape index (κ2) is 10.0. The molecule has 0 spiro atoms. The van der Waals surface area contributed by atoms with Crippen LogP contribution in [0.1, 0.15) is 47.6 Å². The molecule has 1 saturated carbocycles. The Hall–Kier alpha value is -3.48. The fourth-order valence-corrected chi connectivity index (χ4v) is 3.56. The molecule has 2 heterocycles. The molecule has 0 aliphatic heterocycles. The number of furan rings is 1. The van der Waals surface area contributed by atoms with Gasteiger partial charge >= 0.3 is 0 Å². The second-order valence-corrected chi connectivity index (χ2v) is 7.38. The molecule has 1 aromatic carbocycles. The van der Waals surface area contributed by atoms with Gasteiger partial charge in [0.25, 0.3) is 5.91 Å². The summed E-state index contributed by atoms with van der Waals surface area (Å²) in [5.74, 6) is 2.29. The molecule has 0 atom stereocenters. The molecular formula is C24H26N2O5. The van der Waals surface area contributed by atoms with Gasteiger partial charge in [0.1, 0.15) is 18.5 Å². The number of nitrogens with zero attached hydrogens (tertiary/aromatic N) is 1. The number of carbonyl (C=O) groups excluding carboxylic acids is 1. The van der Waals surface area contributed by atoms with Gasteiger partial charge in [-0.2, -0.15) is 0 Å². The van der Waals surface area contributed by atoms with Gasteiger partial charge in [0.15, 0.2) is 17.3 Å². The van der Waals surface area contributed by atoms with E-state index in [1.165, 1.54) is 12.8 Å². The average molecular weight is 422 g/mol. The molecular weight excluding hydrogens is 396 g/mol. The van der Waals surface area contributed by atoms with E-state index in [1.54, 1.807) is 25.4 Å². The summed E-state index contributed by atoms with van der Waals surface area (Å²) >= 11 is 0. The van der Waals surface area contributed by atoms with Crippen LogP contribution in [0.15, 0.2) is 59.1 Å². The molecule has 1 aliphatic rings. The largest absolute Gasteiger partial charge is 0.493 e. The molecule has 2 aromatic heterocycles. The smallest absolute Gasteiger partial charge is 0.287 e. The minimum atomic E-state index is -0.306. The zero-order valence-corrected chi connectivity index (χ0v) is 17.5. The number of pyridine rings is 1. The molecule has 0 saturated heterocycles. The van der Waals surface area contributed by atoms with Gasteiger partial charge in [-0.25, -0.2) is 4.98 Å². The SMILES string of the molecule is COc1ccccc1OCc1ccc(C(=O)NCc2cccnc2OC2CCCC2)o1. The first kappa shape index (κ1) is 20.8. The highest BCUT2D eigenvalue weighted by atomic mass is 16.5. The highest BCUT2D eigenvalue weighted by molar-refractivity contribution is 5.91. The van der Waals surface area contributed by atoms with Crippen LogP contribution in [0.4, 0.5) is 0 Å². The number of hydrogen-bond acceptors (Lipinski definition) is 6. The van der Waals surface area contributed by atoms with Gasteiger partial charge in [-0.1, -0.05) is 18.2 Å². The van der Waals surface area contributed by atoms with E-state index >= 15 is 0 Å². The van der Waals surface area contributed by atoms with Crippen LogP contribution < -0.4 is 19.5 Å². The summed E-state index contributed by atoms with van der Waals surface area (Å²) in [6.07, 6.45) is 6.38. The summed E-state index contributed by atoms with van der Waals surface area (Å²) in [7, 11) is 1.59. The minimum absolute atomic E-state index is 0.190. The van der Waals surface area contributed by atoms with Crippen LogP contribution in [0.2, 0.25) is 0 Å². The summed E-state index contributed by atoms with van der Waals surface area (Å²) in [4.78, 5) is 16.9. The minimum Gasteiger partial charge on any atom is -0.493 e. The molecule has 7 nitrogen and oxygen atoms in total. The molecule has 162 valence electrons. The Kier molecular flexibility index (Phi) is 6.72. The maximum Gasteiger partial charge on any atom is 0.287 e. The third kappa shape index (κ3) is 5.36. The lowest BCUT2D eigenvalue weighted by Crippen LogP contribution is -2.23. The maximum absolute atomic E-state index is 12.5. The zero-order valence-electron chi connectivity index (χ0n) is 17.5. The number of carbonyl (C=O) groups is 1. The lowest BCUT2D eigenvalue weighted by molar-refractivity contribution is 0.0918. The van der Waals surface area contributed by atoms with Gasteiger partial charge in [-0.05, 0) is 56.0 Å². The zero-order chi connectivity index (χ0) is 21.5. The van der Waals surface area contributed by atoms with E-state index in [2.05, 4.69) is 10.3 Å². The summed E-state index contributed by atoms with van der Waals surface area (Å²) in [6.45, 7) is 0.498. The average Bonchev–Trinajstić information content (AvgIpc) is 3.49. The predicted molar refractivity (Wildman–Crippen MR) is 114 cm³/mol. The first-order valence-corrected chi connectivity index (χ1v) is 10.5. The Bertz CT molecular complexity index is 1010. The van der Waals surface area contributed by atoms with E-state index in [0.717, 1.165) is 18.4 Å². The van der Waals surface area contributed by atoms with Gasteiger partial charge < -0.3 is 23.9 Å². The van der Waals surface area contributed by atoms with E-state index < -0.39 is 0 Å². The van der Waals surface area contributed by atoms with Crippen molar-refractivity contribution in [3.63, 3.8) is 0 Å². The number of nitrogens with one attached hydrogen (secondary N) is 1. The van der Waals surface area contributed by atoms with Crippen LogP contribution in [0.3, 0.4) is 0 Å². The lowest BCUT2D eigenvalue weighted by Gasteiger charge is -2.15. The van der Waals surface area contributed by atoms with Gasteiger partial charge in [0, 0.05) is 18.3 Å². The molecule has 31 heavy (non-hydrogen) atoms. The number of para-hydroxylation sites is 2. The molecule has 0 radical (unpaired) electrons. The molecule has 1 N–H and O–H groups in total. The van der Waals surface area contributed by atoms with Crippen molar-refractivity contribution in [3.05, 3.63) is 71.8 Å². The Labute approximate surface area is 181 Å². The summed E-state index contributed by atoms with van der Waals surface area (Å²) < 4.78 is 22.7. The van der Waals surface area contributed by atoms with Crippen LogP contribution in [-0.2, 0) is 13.2 Å². The van der Waals surface area contributed by atoms with Gasteiger partial charge in [-0.15, -0.1) is 0 Å². The molecule has 7 heteroatoms. The Morgan fingerprint density at radius 1 is 1.10 bits per heavy atom. The third-order valence-electron chi connectivity index (χ3n) is 5.19. The van der Waals surface area contributed by atoms with Crippen molar-refractivity contribution >= 4 is 5.91 Å². The van der Waals surface area contributed by atoms with Crippen molar-refractivity contribution in [2.24, 2.45) is 0 Å². The molecule has 0 unspecified atom stereocenters. The monoisotopic (exact) mass is 422 g/mol. The van der Waals surface area contributed by atoms with E-state index in [0.29, 0.717) is 29.7 Å². The number of benzene rings is 1. The summed E-state index contributed by atoms with van der Waals surface area (Å²) in [5, 5.41) is 2.87. The van der Waals surface area contributed by atoms with Crippen LogP contribution >= 0.6 is 0 Å². The van der Waals surface area contributed by atoms with Gasteiger partial charge in [0.05, 0.1) is 7.11 Å². The topological polar surface area (TPSA) is 82.8 Å². The molecule has 4 rings (SSSR count). The van der Waals surface area contributed by atoms with Crippen molar-refractivity contribution in [2.75, 3.05) is 7.11 Å². The van der Waals surface area contributed by atoms with Crippen LogP contribution in [0.25, 0.3) is 0 Å². The Morgan fingerprint density at radius 3 is 2.71 bits per heavy atom. The summed E-state index contributed by atoms with van der Waals surface area (Å²) in [6, 6.07) is 14.5. The molecule has 1 fully saturated rings. The van der Waals surface area contributed by atoms with Gasteiger partial charge in [-0.3, -0.25) is 4.79 Å². The van der Waals surface area contributed by atoms with E-state index in [9.17, 15) is 4.79 Å². The van der Waals surface area contributed by atoms with E-state index in [1.807, 2.05) is 36.4 Å². The van der Waals surface area contributed by atoms with Crippen molar-refractivity contribution < 1.29 is 23.4 Å². The van der Waals surface area contributed by atoms with Crippen LogP contribution in [0, 0.1) is 0 Å². The number of hydrogen-bond donors (Lipinski definition) is 1. The molecule has 3 aromatic rings. The summed E-state index contributed by atoms with van der Waals surface area (Å²) in [5.41, 5.74) is 0.842. The van der Waals surface area contributed by atoms with Crippen molar-refractivity contribution in [2.45, 2.75) is 44.9 Å². The first-order chi connectivity index (χ1) is 15.2.